The Morgan fingerprint density at radius 3 is 2.67 bits per heavy atom. The lowest BCUT2D eigenvalue weighted by atomic mass is 10.2. The number of methoxy groups -OCH3 is 2. The highest BCUT2D eigenvalue weighted by Crippen LogP contribution is 2.32. The molecule has 160 valence electrons. The number of fused-ring (bicyclic) bond motifs is 1. The maximum absolute atomic E-state index is 12.9. The van der Waals surface area contributed by atoms with Crippen molar-refractivity contribution in [2.75, 3.05) is 34.6 Å². The van der Waals surface area contributed by atoms with E-state index in [1.807, 2.05) is 0 Å². The first-order valence-electron chi connectivity index (χ1n) is 8.75. The zero-order valence-corrected chi connectivity index (χ0v) is 17.4. The van der Waals surface area contributed by atoms with Crippen LogP contribution in [0.25, 0.3) is 0 Å². The lowest BCUT2D eigenvalue weighted by Crippen LogP contribution is -2.36. The van der Waals surface area contributed by atoms with Gasteiger partial charge in [0.05, 0.1) is 27.0 Å². The van der Waals surface area contributed by atoms with Crippen LogP contribution in [0.2, 0.25) is 0 Å². The van der Waals surface area contributed by atoms with Gasteiger partial charge in [0.25, 0.3) is 5.91 Å². The van der Waals surface area contributed by atoms with Gasteiger partial charge in [-0.25, -0.2) is 13.8 Å². The number of carbonyl (C=O) groups is 1. The molecular weight excluding hydrogens is 414 g/mol. The molecule has 0 bridgehead atoms. The van der Waals surface area contributed by atoms with Crippen LogP contribution in [-0.4, -0.2) is 59.4 Å². The minimum absolute atomic E-state index is 0.108. The maximum atomic E-state index is 12.9. The summed E-state index contributed by atoms with van der Waals surface area (Å²) in [6.07, 6.45) is 1.42. The minimum Gasteiger partial charge on any atom is -0.497 e. The molecule has 10 nitrogen and oxygen atoms in total. The molecule has 0 aromatic heterocycles. The van der Waals surface area contributed by atoms with Crippen molar-refractivity contribution >= 4 is 22.1 Å². The number of benzene rings is 2. The summed E-state index contributed by atoms with van der Waals surface area (Å²) in [5.41, 5.74) is 2.98. The van der Waals surface area contributed by atoms with Crippen LogP contribution in [0.3, 0.4) is 0 Å². The second-order valence-corrected chi connectivity index (χ2v) is 8.20. The van der Waals surface area contributed by atoms with Gasteiger partial charge in [-0.1, -0.05) is 0 Å². The molecule has 1 N–H and O–H groups in total. The summed E-state index contributed by atoms with van der Waals surface area (Å²) in [5, 5.41) is 3.85. The van der Waals surface area contributed by atoms with Crippen LogP contribution < -0.4 is 24.4 Å². The average Bonchev–Trinajstić information content (AvgIpc) is 3.21. The van der Waals surface area contributed by atoms with E-state index in [4.69, 9.17) is 18.9 Å². The number of rotatable bonds is 8. The molecule has 0 aliphatic carbocycles. The molecule has 0 saturated heterocycles. The standard InChI is InChI=1S/C19H21N3O7S/c1-22(30(24,25)18-9-14(26-2)5-7-16(18)27-3)11-19(23)21-20-10-13-4-6-15-17(8-13)29-12-28-15/h4-10H,11-12H2,1-3H3,(H,21,23)/b20-10+. The molecule has 0 atom stereocenters. The first-order valence-corrected chi connectivity index (χ1v) is 10.2. The van der Waals surface area contributed by atoms with Crippen LogP contribution in [-0.2, 0) is 14.8 Å². The number of carbonyl (C=O) groups excluding carboxylic acids is 1. The quantitative estimate of drug-likeness (QED) is 0.489. The van der Waals surface area contributed by atoms with E-state index in [1.54, 1.807) is 24.3 Å². The van der Waals surface area contributed by atoms with Gasteiger partial charge in [-0.3, -0.25) is 4.79 Å². The Balaban J connectivity index is 1.65. The fourth-order valence-corrected chi connectivity index (χ4v) is 3.94. The molecule has 2 aromatic rings. The first-order chi connectivity index (χ1) is 14.3. The molecule has 0 saturated carbocycles. The second kappa shape index (κ2) is 9.01. The fraction of sp³-hybridized carbons (Fsp3) is 0.263. The first kappa shape index (κ1) is 21.4. The molecule has 3 rings (SSSR count). The number of nitrogens with zero attached hydrogens (tertiary/aromatic N) is 2. The lowest BCUT2D eigenvalue weighted by molar-refractivity contribution is -0.121. The van der Waals surface area contributed by atoms with Gasteiger partial charge in [0, 0.05) is 13.1 Å². The number of hydrazone groups is 1. The van der Waals surface area contributed by atoms with E-state index < -0.39 is 22.5 Å². The minimum atomic E-state index is -4.01. The summed E-state index contributed by atoms with van der Waals surface area (Å²) in [7, 11) is 0.0625. The molecule has 1 amide bonds. The highest BCUT2D eigenvalue weighted by atomic mass is 32.2. The number of ether oxygens (including phenoxy) is 4. The van der Waals surface area contributed by atoms with Crippen LogP contribution >= 0.6 is 0 Å². The van der Waals surface area contributed by atoms with E-state index in [1.165, 1.54) is 39.6 Å². The molecule has 30 heavy (non-hydrogen) atoms. The normalized spacial score (nSPS) is 12.9. The Morgan fingerprint density at radius 2 is 1.93 bits per heavy atom. The van der Waals surface area contributed by atoms with Crippen molar-refractivity contribution in [2.24, 2.45) is 5.10 Å². The van der Waals surface area contributed by atoms with E-state index in [0.29, 0.717) is 22.8 Å². The van der Waals surface area contributed by atoms with Crippen LogP contribution in [0.1, 0.15) is 5.56 Å². The fourth-order valence-electron chi connectivity index (χ4n) is 2.65. The highest BCUT2D eigenvalue weighted by Gasteiger charge is 2.27. The molecule has 1 aliphatic rings. The van der Waals surface area contributed by atoms with Crippen molar-refractivity contribution in [1.29, 1.82) is 0 Å². The molecule has 2 aromatic carbocycles. The third-order valence-corrected chi connectivity index (χ3v) is 6.05. The van der Waals surface area contributed by atoms with E-state index in [-0.39, 0.29) is 17.4 Å². The largest absolute Gasteiger partial charge is 0.497 e. The SMILES string of the molecule is COc1ccc(OC)c(S(=O)(=O)N(C)CC(=O)N/N=C/c2ccc3c(c2)OCO3)c1. The third kappa shape index (κ3) is 4.63. The third-order valence-electron chi connectivity index (χ3n) is 4.22. The van der Waals surface area contributed by atoms with Gasteiger partial charge in [-0.2, -0.15) is 9.41 Å². The Morgan fingerprint density at radius 1 is 1.17 bits per heavy atom. The molecule has 1 heterocycles. The number of sulfonamides is 1. The van der Waals surface area contributed by atoms with Gasteiger partial charge in [-0.05, 0) is 35.9 Å². The van der Waals surface area contributed by atoms with Crippen LogP contribution in [0.15, 0.2) is 46.4 Å². The van der Waals surface area contributed by atoms with Gasteiger partial charge in [-0.15, -0.1) is 0 Å². The summed E-state index contributed by atoms with van der Waals surface area (Å²) in [4.78, 5) is 12.0. The van der Waals surface area contributed by atoms with Gasteiger partial charge in [0.2, 0.25) is 16.8 Å². The van der Waals surface area contributed by atoms with Crippen LogP contribution in [0, 0.1) is 0 Å². The Kier molecular flexibility index (Phi) is 6.43. The molecule has 0 unspecified atom stereocenters. The van der Waals surface area contributed by atoms with Gasteiger partial charge < -0.3 is 18.9 Å². The molecule has 0 radical (unpaired) electrons. The maximum Gasteiger partial charge on any atom is 0.255 e. The molecular formula is C19H21N3O7S. The summed E-state index contributed by atoms with van der Waals surface area (Å²) < 4.78 is 47.3. The van der Waals surface area contributed by atoms with E-state index in [0.717, 1.165) is 4.31 Å². The lowest BCUT2D eigenvalue weighted by Gasteiger charge is -2.18. The number of nitrogens with one attached hydrogen (secondary N) is 1. The monoisotopic (exact) mass is 435 g/mol. The molecule has 1 aliphatic heterocycles. The Hall–Kier alpha value is -3.31. The van der Waals surface area contributed by atoms with Crippen molar-refractivity contribution in [2.45, 2.75) is 4.90 Å². The number of likely N-dealkylation sites (N-methyl/N-ethyl adjacent to an activating group) is 1. The average molecular weight is 435 g/mol. The number of amides is 1. The summed E-state index contributed by atoms with van der Waals surface area (Å²) >= 11 is 0. The van der Waals surface area contributed by atoms with Crippen molar-refractivity contribution in [1.82, 2.24) is 9.73 Å². The predicted molar refractivity (Wildman–Crippen MR) is 108 cm³/mol. The Bertz CT molecular complexity index is 1070. The molecule has 0 fully saturated rings. The topological polar surface area (TPSA) is 116 Å². The Labute approximate surface area is 174 Å². The van der Waals surface area contributed by atoms with Gasteiger partial charge >= 0.3 is 0 Å². The highest BCUT2D eigenvalue weighted by molar-refractivity contribution is 7.89. The number of hydrogen-bond donors (Lipinski definition) is 1. The van der Waals surface area contributed by atoms with Crippen molar-refractivity contribution in [3.63, 3.8) is 0 Å². The molecule has 11 heteroatoms. The second-order valence-electron chi connectivity index (χ2n) is 6.18. The van der Waals surface area contributed by atoms with E-state index >= 15 is 0 Å². The summed E-state index contributed by atoms with van der Waals surface area (Å²) in [6.45, 7) is -0.285. The van der Waals surface area contributed by atoms with Gasteiger partial charge in [0.15, 0.2) is 11.5 Å². The zero-order chi connectivity index (χ0) is 21.7. The number of hydrogen-bond acceptors (Lipinski definition) is 8. The van der Waals surface area contributed by atoms with Crippen molar-refractivity contribution in [3.05, 3.63) is 42.0 Å². The van der Waals surface area contributed by atoms with Crippen molar-refractivity contribution < 1.29 is 32.2 Å². The van der Waals surface area contributed by atoms with Gasteiger partial charge in [0.1, 0.15) is 16.4 Å². The van der Waals surface area contributed by atoms with Crippen LogP contribution in [0.4, 0.5) is 0 Å². The smallest absolute Gasteiger partial charge is 0.255 e. The van der Waals surface area contributed by atoms with E-state index in [9.17, 15) is 13.2 Å². The zero-order valence-electron chi connectivity index (χ0n) is 16.6. The van der Waals surface area contributed by atoms with Crippen molar-refractivity contribution in [3.8, 4) is 23.0 Å². The van der Waals surface area contributed by atoms with E-state index in [2.05, 4.69) is 10.5 Å². The summed E-state index contributed by atoms with van der Waals surface area (Å²) in [5.74, 6) is 1.10. The van der Waals surface area contributed by atoms with Crippen LogP contribution in [0.5, 0.6) is 23.0 Å². The summed E-state index contributed by atoms with van der Waals surface area (Å²) in [6, 6.07) is 9.58. The molecule has 0 spiro atoms. The predicted octanol–water partition coefficient (Wildman–Crippen LogP) is 1.20.